The zero-order valence-corrected chi connectivity index (χ0v) is 10.6. The molecule has 1 fully saturated rings. The Morgan fingerprint density at radius 2 is 2.18 bits per heavy atom. The van der Waals surface area contributed by atoms with Gasteiger partial charge in [0.1, 0.15) is 5.01 Å². The summed E-state index contributed by atoms with van der Waals surface area (Å²) in [7, 11) is 0. The van der Waals surface area contributed by atoms with Crippen LogP contribution in [0.4, 0.5) is 0 Å². The Morgan fingerprint density at radius 1 is 1.47 bits per heavy atom. The van der Waals surface area contributed by atoms with Crippen LogP contribution >= 0.6 is 11.3 Å². The summed E-state index contributed by atoms with van der Waals surface area (Å²) in [6.45, 7) is 5.67. The molecule has 1 aromatic heterocycles. The van der Waals surface area contributed by atoms with Gasteiger partial charge in [0.05, 0.1) is 11.4 Å². The minimum Gasteiger partial charge on any atom is -0.340 e. The summed E-state index contributed by atoms with van der Waals surface area (Å²) in [5.74, 6) is 0.141. The Hall–Kier alpha value is -1.27. The standard InChI is InChI=1S/C11H15N3O2S/c1-9(16)14-4-2-13(3-5-14)7-11-12-6-10(8-15)17-11/h6,8H,2-5,7H2,1H3. The van der Waals surface area contributed by atoms with Crippen LogP contribution in [-0.4, -0.2) is 53.2 Å². The van der Waals surface area contributed by atoms with Crippen molar-refractivity contribution >= 4 is 23.5 Å². The number of aromatic nitrogens is 1. The van der Waals surface area contributed by atoms with Crippen molar-refractivity contribution in [1.29, 1.82) is 0 Å². The summed E-state index contributed by atoms with van der Waals surface area (Å²) < 4.78 is 0. The van der Waals surface area contributed by atoms with E-state index in [1.54, 1.807) is 13.1 Å². The maximum absolute atomic E-state index is 11.2. The van der Waals surface area contributed by atoms with Gasteiger partial charge in [0.15, 0.2) is 6.29 Å². The number of rotatable bonds is 3. The lowest BCUT2D eigenvalue weighted by atomic mass is 10.3. The van der Waals surface area contributed by atoms with E-state index in [1.807, 2.05) is 4.90 Å². The first-order valence-corrected chi connectivity index (χ1v) is 6.38. The summed E-state index contributed by atoms with van der Waals surface area (Å²) in [4.78, 5) is 30.7. The maximum Gasteiger partial charge on any atom is 0.219 e. The first-order valence-electron chi connectivity index (χ1n) is 5.57. The van der Waals surface area contributed by atoms with E-state index in [4.69, 9.17) is 0 Å². The van der Waals surface area contributed by atoms with Crippen molar-refractivity contribution in [3.8, 4) is 0 Å². The molecule has 1 aromatic rings. The van der Waals surface area contributed by atoms with E-state index in [0.717, 1.165) is 44.0 Å². The largest absolute Gasteiger partial charge is 0.340 e. The number of carbonyl (C=O) groups is 2. The van der Waals surface area contributed by atoms with Crippen LogP contribution < -0.4 is 0 Å². The molecule has 0 bridgehead atoms. The van der Waals surface area contributed by atoms with Crippen molar-refractivity contribution in [2.45, 2.75) is 13.5 Å². The molecule has 0 aliphatic carbocycles. The van der Waals surface area contributed by atoms with Crippen LogP contribution in [0.5, 0.6) is 0 Å². The summed E-state index contributed by atoms with van der Waals surface area (Å²) in [5, 5.41) is 0.961. The number of aldehydes is 1. The monoisotopic (exact) mass is 253 g/mol. The fourth-order valence-corrected chi connectivity index (χ4v) is 2.64. The molecule has 0 unspecified atom stereocenters. The molecule has 0 N–H and O–H groups in total. The zero-order chi connectivity index (χ0) is 12.3. The van der Waals surface area contributed by atoms with Gasteiger partial charge in [-0.2, -0.15) is 0 Å². The van der Waals surface area contributed by atoms with E-state index in [1.165, 1.54) is 11.3 Å². The third-order valence-corrected chi connectivity index (χ3v) is 3.77. The van der Waals surface area contributed by atoms with Crippen molar-refractivity contribution in [1.82, 2.24) is 14.8 Å². The highest BCUT2D eigenvalue weighted by Gasteiger charge is 2.19. The lowest BCUT2D eigenvalue weighted by molar-refractivity contribution is -0.130. The van der Waals surface area contributed by atoms with Crippen molar-refractivity contribution in [2.24, 2.45) is 0 Å². The number of carbonyl (C=O) groups excluding carboxylic acids is 2. The zero-order valence-electron chi connectivity index (χ0n) is 9.76. The van der Waals surface area contributed by atoms with Gasteiger partial charge in [-0.05, 0) is 0 Å². The van der Waals surface area contributed by atoms with Crippen molar-refractivity contribution < 1.29 is 9.59 Å². The lowest BCUT2D eigenvalue weighted by Gasteiger charge is -2.33. The van der Waals surface area contributed by atoms with E-state index in [2.05, 4.69) is 9.88 Å². The Labute approximate surface area is 104 Å². The number of nitrogens with zero attached hydrogens (tertiary/aromatic N) is 3. The van der Waals surface area contributed by atoms with Gasteiger partial charge in [0.25, 0.3) is 0 Å². The van der Waals surface area contributed by atoms with Gasteiger partial charge in [-0.1, -0.05) is 0 Å². The average Bonchev–Trinajstić information content (AvgIpc) is 2.77. The molecular formula is C11H15N3O2S. The van der Waals surface area contributed by atoms with Crippen LogP contribution in [0.3, 0.4) is 0 Å². The predicted octanol–water partition coefficient (Wildman–Crippen LogP) is 0.620. The molecule has 1 aliphatic rings. The van der Waals surface area contributed by atoms with E-state index in [-0.39, 0.29) is 5.91 Å². The smallest absolute Gasteiger partial charge is 0.219 e. The second-order valence-corrected chi connectivity index (χ2v) is 5.20. The van der Waals surface area contributed by atoms with Crippen molar-refractivity contribution in [3.63, 3.8) is 0 Å². The molecule has 17 heavy (non-hydrogen) atoms. The third-order valence-electron chi connectivity index (χ3n) is 2.86. The van der Waals surface area contributed by atoms with E-state index >= 15 is 0 Å². The van der Waals surface area contributed by atoms with Gasteiger partial charge < -0.3 is 4.90 Å². The van der Waals surface area contributed by atoms with Crippen LogP contribution in [0.1, 0.15) is 21.6 Å². The maximum atomic E-state index is 11.2. The molecule has 6 heteroatoms. The minimum absolute atomic E-state index is 0.141. The van der Waals surface area contributed by atoms with Crippen LogP contribution in [0.25, 0.3) is 0 Å². The second kappa shape index (κ2) is 5.37. The second-order valence-electron chi connectivity index (χ2n) is 4.06. The number of amides is 1. The first-order chi connectivity index (χ1) is 8.19. The Morgan fingerprint density at radius 3 is 2.71 bits per heavy atom. The van der Waals surface area contributed by atoms with Crippen LogP contribution in [0.2, 0.25) is 0 Å². The van der Waals surface area contributed by atoms with Gasteiger partial charge in [0, 0.05) is 39.3 Å². The molecule has 92 valence electrons. The molecule has 2 rings (SSSR count). The molecule has 0 saturated carbocycles. The highest BCUT2D eigenvalue weighted by Crippen LogP contribution is 2.14. The third kappa shape index (κ3) is 3.10. The van der Waals surface area contributed by atoms with E-state index in [9.17, 15) is 9.59 Å². The number of piperazine rings is 1. The lowest BCUT2D eigenvalue weighted by Crippen LogP contribution is -2.47. The molecule has 0 radical (unpaired) electrons. The van der Waals surface area contributed by atoms with Crippen molar-refractivity contribution in [2.75, 3.05) is 26.2 Å². The highest BCUT2D eigenvalue weighted by molar-refractivity contribution is 7.13. The van der Waals surface area contributed by atoms with Crippen molar-refractivity contribution in [3.05, 3.63) is 16.1 Å². The van der Waals surface area contributed by atoms with Crippen LogP contribution in [0.15, 0.2) is 6.20 Å². The van der Waals surface area contributed by atoms with Gasteiger partial charge in [-0.15, -0.1) is 11.3 Å². The molecule has 0 atom stereocenters. The minimum atomic E-state index is 0.141. The Bertz CT molecular complexity index is 411. The first kappa shape index (κ1) is 12.2. The molecule has 2 heterocycles. The molecule has 0 aromatic carbocycles. The Kier molecular flexibility index (Phi) is 3.86. The highest BCUT2D eigenvalue weighted by atomic mass is 32.1. The molecule has 1 amide bonds. The molecule has 5 nitrogen and oxygen atoms in total. The fourth-order valence-electron chi connectivity index (χ4n) is 1.86. The predicted molar refractivity (Wildman–Crippen MR) is 65.0 cm³/mol. The van der Waals surface area contributed by atoms with Gasteiger partial charge in [0.2, 0.25) is 5.91 Å². The van der Waals surface area contributed by atoms with Gasteiger partial charge in [-0.25, -0.2) is 4.98 Å². The molecule has 1 aliphatic heterocycles. The van der Waals surface area contributed by atoms with E-state index in [0.29, 0.717) is 4.88 Å². The van der Waals surface area contributed by atoms with E-state index < -0.39 is 0 Å². The summed E-state index contributed by atoms with van der Waals surface area (Å²) >= 11 is 1.43. The normalized spacial score (nSPS) is 17.1. The SMILES string of the molecule is CC(=O)N1CCN(Cc2ncc(C=O)s2)CC1. The fraction of sp³-hybridized carbons (Fsp3) is 0.545. The average molecular weight is 253 g/mol. The topological polar surface area (TPSA) is 53.5 Å². The molecule has 1 saturated heterocycles. The van der Waals surface area contributed by atoms with Crippen LogP contribution in [0, 0.1) is 0 Å². The quantitative estimate of drug-likeness (QED) is 0.741. The number of thiazole rings is 1. The molecule has 0 spiro atoms. The Balaban J connectivity index is 1.85. The van der Waals surface area contributed by atoms with Gasteiger partial charge in [-0.3, -0.25) is 14.5 Å². The van der Waals surface area contributed by atoms with Gasteiger partial charge >= 0.3 is 0 Å². The summed E-state index contributed by atoms with van der Waals surface area (Å²) in [5.41, 5.74) is 0. The summed E-state index contributed by atoms with van der Waals surface area (Å²) in [6.07, 6.45) is 2.44. The number of hydrogen-bond acceptors (Lipinski definition) is 5. The molecular weight excluding hydrogens is 238 g/mol. The summed E-state index contributed by atoms with van der Waals surface area (Å²) in [6, 6.07) is 0. The van der Waals surface area contributed by atoms with Crippen LogP contribution in [-0.2, 0) is 11.3 Å². The number of hydrogen-bond donors (Lipinski definition) is 0.